The maximum atomic E-state index is 12.4. The fourth-order valence-corrected chi connectivity index (χ4v) is 3.70. The van der Waals surface area contributed by atoms with E-state index in [4.69, 9.17) is 16.3 Å². The first-order valence-corrected chi connectivity index (χ1v) is 10.3. The fraction of sp³-hybridized carbons (Fsp3) is 0.318. The molecule has 0 unspecified atom stereocenters. The van der Waals surface area contributed by atoms with Crippen LogP contribution in [0.4, 0.5) is 4.79 Å². The zero-order valence-electron chi connectivity index (χ0n) is 16.5. The SMILES string of the molecule is O=C(NCC1CCN(C(=O)OCc2ccccc2)CC1)c1cn2cc(Cl)ccc2n1. The van der Waals surface area contributed by atoms with Crippen molar-refractivity contribution in [1.82, 2.24) is 19.6 Å². The number of likely N-dealkylation sites (tertiary alicyclic amines) is 1. The molecule has 0 radical (unpaired) electrons. The molecular weight excluding hydrogens is 404 g/mol. The predicted molar refractivity (Wildman–Crippen MR) is 113 cm³/mol. The van der Waals surface area contributed by atoms with Crippen molar-refractivity contribution in [2.24, 2.45) is 5.92 Å². The molecule has 30 heavy (non-hydrogen) atoms. The van der Waals surface area contributed by atoms with E-state index in [0.717, 1.165) is 18.4 Å². The largest absolute Gasteiger partial charge is 0.445 e. The molecule has 0 aliphatic carbocycles. The van der Waals surface area contributed by atoms with Crippen molar-refractivity contribution in [3.63, 3.8) is 0 Å². The van der Waals surface area contributed by atoms with Crippen LogP contribution in [-0.2, 0) is 11.3 Å². The van der Waals surface area contributed by atoms with Crippen molar-refractivity contribution in [1.29, 1.82) is 0 Å². The van der Waals surface area contributed by atoms with Crippen LogP contribution in [0.25, 0.3) is 5.65 Å². The van der Waals surface area contributed by atoms with E-state index in [0.29, 0.717) is 41.9 Å². The third-order valence-corrected chi connectivity index (χ3v) is 5.50. The van der Waals surface area contributed by atoms with Gasteiger partial charge in [-0.1, -0.05) is 41.9 Å². The molecule has 1 aliphatic rings. The Balaban J connectivity index is 1.21. The molecule has 3 aromatic rings. The number of nitrogens with one attached hydrogen (secondary N) is 1. The number of ether oxygens (including phenoxy) is 1. The number of benzene rings is 1. The number of fused-ring (bicyclic) bond motifs is 1. The van der Waals surface area contributed by atoms with Crippen LogP contribution in [0.2, 0.25) is 5.02 Å². The van der Waals surface area contributed by atoms with Crippen molar-refractivity contribution >= 4 is 29.2 Å². The summed E-state index contributed by atoms with van der Waals surface area (Å²) < 4.78 is 7.13. The Bertz CT molecular complexity index is 1030. The summed E-state index contributed by atoms with van der Waals surface area (Å²) >= 11 is 5.97. The highest BCUT2D eigenvalue weighted by Crippen LogP contribution is 2.18. The number of hydrogen-bond donors (Lipinski definition) is 1. The van der Waals surface area contributed by atoms with Crippen molar-refractivity contribution in [2.45, 2.75) is 19.4 Å². The lowest BCUT2D eigenvalue weighted by atomic mass is 9.97. The average Bonchev–Trinajstić information content (AvgIpc) is 3.20. The van der Waals surface area contributed by atoms with Gasteiger partial charge in [0.25, 0.3) is 5.91 Å². The summed E-state index contributed by atoms with van der Waals surface area (Å²) in [6, 6.07) is 13.1. The molecule has 0 saturated carbocycles. The van der Waals surface area contributed by atoms with Gasteiger partial charge in [-0.2, -0.15) is 0 Å². The molecule has 4 rings (SSSR count). The molecule has 0 bridgehead atoms. The summed E-state index contributed by atoms with van der Waals surface area (Å²) in [7, 11) is 0. The lowest BCUT2D eigenvalue weighted by Gasteiger charge is -2.31. The molecule has 7 nitrogen and oxygen atoms in total. The normalized spacial score (nSPS) is 14.6. The summed E-state index contributed by atoms with van der Waals surface area (Å²) in [4.78, 5) is 30.7. The molecule has 1 aliphatic heterocycles. The number of nitrogens with zero attached hydrogens (tertiary/aromatic N) is 3. The number of piperidine rings is 1. The number of hydrogen-bond acceptors (Lipinski definition) is 4. The van der Waals surface area contributed by atoms with E-state index in [1.165, 1.54) is 0 Å². The minimum absolute atomic E-state index is 0.209. The van der Waals surface area contributed by atoms with Crippen LogP contribution >= 0.6 is 11.6 Å². The van der Waals surface area contributed by atoms with Gasteiger partial charge in [-0.05, 0) is 36.5 Å². The zero-order chi connectivity index (χ0) is 20.9. The van der Waals surface area contributed by atoms with Gasteiger partial charge >= 0.3 is 6.09 Å². The summed E-state index contributed by atoms with van der Waals surface area (Å²) in [5.41, 5.74) is 2.00. The van der Waals surface area contributed by atoms with E-state index in [1.807, 2.05) is 30.3 Å². The van der Waals surface area contributed by atoms with Crippen molar-refractivity contribution in [3.05, 3.63) is 71.1 Å². The molecule has 1 aromatic carbocycles. The van der Waals surface area contributed by atoms with Crippen molar-refractivity contribution in [3.8, 4) is 0 Å². The van der Waals surface area contributed by atoms with E-state index in [-0.39, 0.29) is 18.6 Å². The van der Waals surface area contributed by atoms with Crippen molar-refractivity contribution in [2.75, 3.05) is 19.6 Å². The molecule has 156 valence electrons. The van der Waals surface area contributed by atoms with Crippen LogP contribution in [0.5, 0.6) is 0 Å². The Labute approximate surface area is 179 Å². The Morgan fingerprint density at radius 1 is 1.10 bits per heavy atom. The highest BCUT2D eigenvalue weighted by atomic mass is 35.5. The van der Waals surface area contributed by atoms with E-state index in [2.05, 4.69) is 10.3 Å². The first kappa shape index (κ1) is 20.2. The Morgan fingerprint density at radius 3 is 2.63 bits per heavy atom. The maximum absolute atomic E-state index is 12.4. The molecule has 1 N–H and O–H groups in total. The second kappa shape index (κ2) is 9.17. The van der Waals surface area contributed by atoms with Gasteiger partial charge in [0.1, 0.15) is 17.9 Å². The fourth-order valence-electron chi connectivity index (χ4n) is 3.53. The highest BCUT2D eigenvalue weighted by Gasteiger charge is 2.24. The molecule has 0 spiro atoms. The number of halogens is 1. The minimum Gasteiger partial charge on any atom is -0.445 e. The number of amides is 2. The monoisotopic (exact) mass is 426 g/mol. The van der Waals surface area contributed by atoms with Gasteiger partial charge in [0.2, 0.25) is 0 Å². The van der Waals surface area contributed by atoms with E-state index in [9.17, 15) is 9.59 Å². The van der Waals surface area contributed by atoms with Crippen LogP contribution in [0.15, 0.2) is 54.9 Å². The highest BCUT2D eigenvalue weighted by molar-refractivity contribution is 6.30. The number of aromatic nitrogens is 2. The average molecular weight is 427 g/mol. The molecule has 2 aromatic heterocycles. The summed E-state index contributed by atoms with van der Waals surface area (Å²) in [5.74, 6) is 0.109. The minimum atomic E-state index is -0.287. The van der Waals surface area contributed by atoms with Crippen LogP contribution in [-0.4, -0.2) is 45.9 Å². The van der Waals surface area contributed by atoms with Gasteiger partial charge in [0.05, 0.1) is 5.02 Å². The summed E-state index contributed by atoms with van der Waals surface area (Å²) in [6.45, 7) is 2.09. The number of imidazole rings is 1. The molecule has 3 heterocycles. The Kier molecular flexibility index (Phi) is 6.18. The van der Waals surface area contributed by atoms with Crippen LogP contribution in [0.3, 0.4) is 0 Å². The second-order valence-electron chi connectivity index (χ2n) is 7.42. The van der Waals surface area contributed by atoms with Crippen molar-refractivity contribution < 1.29 is 14.3 Å². The topological polar surface area (TPSA) is 75.9 Å². The maximum Gasteiger partial charge on any atom is 0.410 e. The molecule has 2 amide bonds. The molecule has 0 atom stereocenters. The lowest BCUT2D eigenvalue weighted by Crippen LogP contribution is -2.41. The molecule has 8 heteroatoms. The first-order valence-electron chi connectivity index (χ1n) is 9.96. The first-order chi connectivity index (χ1) is 14.6. The molecule has 1 saturated heterocycles. The third kappa shape index (κ3) is 4.91. The third-order valence-electron chi connectivity index (χ3n) is 5.28. The van der Waals surface area contributed by atoms with Crippen LogP contribution in [0.1, 0.15) is 28.9 Å². The van der Waals surface area contributed by atoms with E-state index in [1.54, 1.807) is 33.8 Å². The Hall–Kier alpha value is -3.06. The van der Waals surface area contributed by atoms with Crippen LogP contribution < -0.4 is 5.32 Å². The van der Waals surface area contributed by atoms with Gasteiger partial charge < -0.3 is 19.4 Å². The standard InChI is InChI=1S/C22H23ClN4O3/c23-18-6-7-20-25-19(14-27(20)13-18)21(28)24-12-16-8-10-26(11-9-16)22(29)30-15-17-4-2-1-3-5-17/h1-7,13-14,16H,8-12,15H2,(H,24,28). The van der Waals surface area contributed by atoms with E-state index >= 15 is 0 Å². The smallest absolute Gasteiger partial charge is 0.410 e. The predicted octanol–water partition coefficient (Wildman–Crippen LogP) is 3.77. The van der Waals surface area contributed by atoms with Gasteiger partial charge in [-0.15, -0.1) is 0 Å². The second-order valence-corrected chi connectivity index (χ2v) is 7.86. The number of pyridine rings is 1. The molecule has 1 fully saturated rings. The van der Waals surface area contributed by atoms with Crippen LogP contribution in [0, 0.1) is 5.92 Å². The van der Waals surface area contributed by atoms with Gasteiger partial charge in [0.15, 0.2) is 0 Å². The summed E-state index contributed by atoms with van der Waals surface area (Å²) in [5, 5.41) is 3.54. The molecular formula is C22H23ClN4O3. The lowest BCUT2D eigenvalue weighted by molar-refractivity contribution is 0.0800. The van der Waals surface area contributed by atoms with Gasteiger partial charge in [-0.25, -0.2) is 9.78 Å². The number of carbonyl (C=O) groups is 2. The van der Waals surface area contributed by atoms with Gasteiger partial charge in [-0.3, -0.25) is 4.79 Å². The summed E-state index contributed by atoms with van der Waals surface area (Å²) in [6.07, 6.45) is 4.74. The zero-order valence-corrected chi connectivity index (χ0v) is 17.2. The quantitative estimate of drug-likeness (QED) is 0.673. The number of carbonyl (C=O) groups excluding carboxylic acids is 2. The number of rotatable bonds is 5. The van der Waals surface area contributed by atoms with E-state index < -0.39 is 0 Å². The van der Waals surface area contributed by atoms with Gasteiger partial charge in [0, 0.05) is 32.0 Å². The Morgan fingerprint density at radius 2 is 1.87 bits per heavy atom.